The summed E-state index contributed by atoms with van der Waals surface area (Å²) in [6.07, 6.45) is 7.68. The van der Waals surface area contributed by atoms with Gasteiger partial charge in [0.05, 0.1) is 0 Å². The highest BCUT2D eigenvalue weighted by atomic mass is 15.2. The van der Waals surface area contributed by atoms with E-state index in [-0.39, 0.29) is 0 Å². The van der Waals surface area contributed by atoms with Crippen LogP contribution in [0.15, 0.2) is 36.8 Å². The molecule has 0 aromatic carbocycles. The van der Waals surface area contributed by atoms with E-state index in [1.54, 1.807) is 12.4 Å². The maximum atomic E-state index is 5.62. The Morgan fingerprint density at radius 1 is 1.05 bits per heavy atom. The van der Waals surface area contributed by atoms with E-state index in [4.69, 9.17) is 5.73 Å². The topological polar surface area (TPSA) is 67.9 Å². The molecule has 1 aliphatic rings. The van der Waals surface area contributed by atoms with Gasteiger partial charge in [-0.25, -0.2) is 15.0 Å². The third-order valence-corrected chi connectivity index (χ3v) is 3.61. The van der Waals surface area contributed by atoms with E-state index in [1.165, 1.54) is 5.56 Å². The van der Waals surface area contributed by atoms with Gasteiger partial charge in [-0.2, -0.15) is 0 Å². The Labute approximate surface area is 112 Å². The van der Waals surface area contributed by atoms with E-state index in [2.05, 4.69) is 25.9 Å². The van der Waals surface area contributed by atoms with Crippen molar-refractivity contribution in [3.05, 3.63) is 42.4 Å². The monoisotopic (exact) mass is 255 g/mol. The number of anilines is 2. The first-order valence-electron chi connectivity index (χ1n) is 6.56. The van der Waals surface area contributed by atoms with E-state index in [9.17, 15) is 0 Å². The first-order valence-corrected chi connectivity index (χ1v) is 6.56. The molecule has 0 amide bonds. The van der Waals surface area contributed by atoms with Crippen molar-refractivity contribution in [1.29, 1.82) is 0 Å². The van der Waals surface area contributed by atoms with E-state index in [0.717, 1.165) is 31.9 Å². The van der Waals surface area contributed by atoms with Gasteiger partial charge < -0.3 is 10.6 Å². The van der Waals surface area contributed by atoms with Gasteiger partial charge in [-0.3, -0.25) is 0 Å². The third kappa shape index (κ3) is 2.65. The SMILES string of the molecule is Nc1ccc(C2CCN(c3ncccn3)CC2)cn1. The van der Waals surface area contributed by atoms with Crippen LogP contribution in [-0.2, 0) is 0 Å². The molecule has 0 atom stereocenters. The van der Waals surface area contributed by atoms with Crippen LogP contribution in [0.25, 0.3) is 0 Å². The molecule has 2 N–H and O–H groups in total. The molecule has 1 aliphatic heterocycles. The molecule has 0 saturated carbocycles. The highest BCUT2D eigenvalue weighted by molar-refractivity contribution is 5.33. The molecular formula is C14H17N5. The Bertz CT molecular complexity index is 517. The van der Waals surface area contributed by atoms with Gasteiger partial charge in [-0.1, -0.05) is 6.07 Å². The normalized spacial score (nSPS) is 16.5. The number of hydrogen-bond acceptors (Lipinski definition) is 5. The zero-order chi connectivity index (χ0) is 13.1. The second-order valence-corrected chi connectivity index (χ2v) is 4.83. The van der Waals surface area contributed by atoms with Crippen molar-refractivity contribution in [2.75, 3.05) is 23.7 Å². The summed E-state index contributed by atoms with van der Waals surface area (Å²) < 4.78 is 0. The number of pyridine rings is 1. The fourth-order valence-corrected chi connectivity index (χ4v) is 2.53. The van der Waals surface area contributed by atoms with Gasteiger partial charge in [0.1, 0.15) is 5.82 Å². The number of nitrogens with zero attached hydrogens (tertiary/aromatic N) is 4. The Morgan fingerprint density at radius 3 is 2.42 bits per heavy atom. The second-order valence-electron chi connectivity index (χ2n) is 4.83. The summed E-state index contributed by atoms with van der Waals surface area (Å²) in [7, 11) is 0. The van der Waals surface area contributed by atoms with Crippen LogP contribution in [0, 0.1) is 0 Å². The van der Waals surface area contributed by atoms with Crippen molar-refractivity contribution in [2.45, 2.75) is 18.8 Å². The number of nitrogens with two attached hydrogens (primary N) is 1. The van der Waals surface area contributed by atoms with Gasteiger partial charge in [0.15, 0.2) is 0 Å². The zero-order valence-electron chi connectivity index (χ0n) is 10.7. The van der Waals surface area contributed by atoms with Crippen molar-refractivity contribution < 1.29 is 0 Å². The summed E-state index contributed by atoms with van der Waals surface area (Å²) in [5.74, 6) is 1.98. The van der Waals surface area contributed by atoms with Crippen molar-refractivity contribution in [1.82, 2.24) is 15.0 Å². The molecule has 3 rings (SSSR count). The van der Waals surface area contributed by atoms with Gasteiger partial charge >= 0.3 is 0 Å². The number of rotatable bonds is 2. The smallest absolute Gasteiger partial charge is 0.225 e. The van der Waals surface area contributed by atoms with Crippen LogP contribution in [0.1, 0.15) is 24.3 Å². The van der Waals surface area contributed by atoms with Crippen molar-refractivity contribution >= 4 is 11.8 Å². The molecule has 0 radical (unpaired) electrons. The molecule has 3 heterocycles. The molecular weight excluding hydrogens is 238 g/mol. The molecule has 0 bridgehead atoms. The van der Waals surface area contributed by atoms with E-state index in [1.807, 2.05) is 18.3 Å². The van der Waals surface area contributed by atoms with Crippen LogP contribution < -0.4 is 10.6 Å². The van der Waals surface area contributed by atoms with Crippen LogP contribution in [0.4, 0.5) is 11.8 Å². The van der Waals surface area contributed by atoms with Crippen LogP contribution in [-0.4, -0.2) is 28.0 Å². The molecule has 19 heavy (non-hydrogen) atoms. The summed E-state index contributed by atoms with van der Waals surface area (Å²) in [5, 5.41) is 0. The largest absolute Gasteiger partial charge is 0.384 e. The number of aromatic nitrogens is 3. The zero-order valence-corrected chi connectivity index (χ0v) is 10.7. The predicted molar refractivity (Wildman–Crippen MR) is 74.9 cm³/mol. The minimum Gasteiger partial charge on any atom is -0.384 e. The molecule has 5 nitrogen and oxygen atoms in total. The Kier molecular flexibility index (Phi) is 3.27. The van der Waals surface area contributed by atoms with E-state index in [0.29, 0.717) is 11.7 Å². The van der Waals surface area contributed by atoms with Gasteiger partial charge in [-0.15, -0.1) is 0 Å². The lowest BCUT2D eigenvalue weighted by molar-refractivity contribution is 0.498. The fourth-order valence-electron chi connectivity index (χ4n) is 2.53. The molecule has 0 aliphatic carbocycles. The highest BCUT2D eigenvalue weighted by Crippen LogP contribution is 2.28. The lowest BCUT2D eigenvalue weighted by Crippen LogP contribution is -2.34. The molecule has 2 aromatic heterocycles. The second kappa shape index (κ2) is 5.22. The summed E-state index contributed by atoms with van der Waals surface area (Å²) in [5.41, 5.74) is 6.90. The maximum absolute atomic E-state index is 5.62. The van der Waals surface area contributed by atoms with Gasteiger partial charge in [0.25, 0.3) is 0 Å². The highest BCUT2D eigenvalue weighted by Gasteiger charge is 2.22. The van der Waals surface area contributed by atoms with Crippen LogP contribution in [0.2, 0.25) is 0 Å². The summed E-state index contributed by atoms with van der Waals surface area (Å²) >= 11 is 0. The maximum Gasteiger partial charge on any atom is 0.225 e. The summed E-state index contributed by atoms with van der Waals surface area (Å²) in [4.78, 5) is 15.0. The number of piperidine rings is 1. The quantitative estimate of drug-likeness (QED) is 0.886. The van der Waals surface area contributed by atoms with E-state index < -0.39 is 0 Å². The minimum absolute atomic E-state index is 0.563. The first kappa shape index (κ1) is 11.9. The number of hydrogen-bond donors (Lipinski definition) is 1. The van der Waals surface area contributed by atoms with Crippen LogP contribution in [0.3, 0.4) is 0 Å². The van der Waals surface area contributed by atoms with Crippen molar-refractivity contribution in [3.63, 3.8) is 0 Å². The Hall–Kier alpha value is -2.17. The lowest BCUT2D eigenvalue weighted by atomic mass is 9.90. The van der Waals surface area contributed by atoms with Gasteiger partial charge in [-0.05, 0) is 36.5 Å². The average Bonchev–Trinajstić information content (AvgIpc) is 2.49. The predicted octanol–water partition coefficient (Wildman–Crippen LogP) is 1.84. The number of nitrogen functional groups attached to an aromatic ring is 1. The molecule has 0 unspecified atom stereocenters. The molecule has 0 spiro atoms. The molecule has 1 fully saturated rings. The third-order valence-electron chi connectivity index (χ3n) is 3.61. The van der Waals surface area contributed by atoms with Gasteiger partial charge in [0.2, 0.25) is 5.95 Å². The van der Waals surface area contributed by atoms with Crippen molar-refractivity contribution in [2.24, 2.45) is 0 Å². The van der Waals surface area contributed by atoms with Crippen LogP contribution in [0.5, 0.6) is 0 Å². The van der Waals surface area contributed by atoms with Gasteiger partial charge in [0, 0.05) is 31.7 Å². The summed E-state index contributed by atoms with van der Waals surface area (Å²) in [6, 6.07) is 5.81. The standard InChI is InChI=1S/C14H17N5/c15-13-3-2-12(10-18-13)11-4-8-19(9-5-11)14-16-6-1-7-17-14/h1-3,6-7,10-11H,4-5,8-9H2,(H2,15,18). The average molecular weight is 255 g/mol. The molecule has 5 heteroatoms. The Morgan fingerprint density at radius 2 is 1.79 bits per heavy atom. The fraction of sp³-hybridized carbons (Fsp3) is 0.357. The molecule has 98 valence electrons. The van der Waals surface area contributed by atoms with Crippen molar-refractivity contribution in [3.8, 4) is 0 Å². The molecule has 1 saturated heterocycles. The molecule has 2 aromatic rings. The van der Waals surface area contributed by atoms with Crippen LogP contribution >= 0.6 is 0 Å². The van der Waals surface area contributed by atoms with E-state index >= 15 is 0 Å². The lowest BCUT2D eigenvalue weighted by Gasteiger charge is -2.31. The minimum atomic E-state index is 0.563. The summed E-state index contributed by atoms with van der Waals surface area (Å²) in [6.45, 7) is 1.97. The Balaban J connectivity index is 1.65. The first-order chi connectivity index (χ1) is 9.33.